The summed E-state index contributed by atoms with van der Waals surface area (Å²) in [5.41, 5.74) is 1.08. The van der Waals surface area contributed by atoms with Gasteiger partial charge in [0.1, 0.15) is 16.6 Å². The third-order valence-corrected chi connectivity index (χ3v) is 4.18. The van der Waals surface area contributed by atoms with Crippen LogP contribution in [0.3, 0.4) is 0 Å². The number of halogens is 5. The molecular formula is C16H11Cl2F3N2O2. The maximum absolute atomic E-state index is 12.8. The van der Waals surface area contributed by atoms with Gasteiger partial charge in [-0.05, 0) is 48.7 Å². The molecule has 0 saturated carbocycles. The van der Waals surface area contributed by atoms with E-state index >= 15 is 0 Å². The van der Waals surface area contributed by atoms with Crippen LogP contribution in [-0.4, -0.2) is 23.8 Å². The molecule has 25 heavy (non-hydrogen) atoms. The number of aryl methyl sites for hydroxylation is 1. The van der Waals surface area contributed by atoms with E-state index in [1.54, 1.807) is 0 Å². The molecule has 9 heteroatoms. The van der Waals surface area contributed by atoms with E-state index in [9.17, 15) is 18.0 Å². The van der Waals surface area contributed by atoms with E-state index in [1.165, 1.54) is 35.2 Å². The van der Waals surface area contributed by atoms with Crippen molar-refractivity contribution < 1.29 is 22.7 Å². The second kappa shape index (κ2) is 6.72. The smallest absolute Gasteiger partial charge is 0.406 e. The number of rotatable bonds is 2. The predicted octanol–water partition coefficient (Wildman–Crippen LogP) is 4.88. The van der Waals surface area contributed by atoms with Gasteiger partial charge in [0.2, 0.25) is 0 Å². The molecule has 132 valence electrons. The van der Waals surface area contributed by atoms with Crippen LogP contribution < -0.4 is 9.64 Å². The van der Waals surface area contributed by atoms with Gasteiger partial charge in [-0.15, -0.1) is 13.2 Å². The number of hydrogen-bond donors (Lipinski definition) is 0. The lowest BCUT2D eigenvalue weighted by atomic mass is 10.0. The molecular weight excluding hydrogens is 380 g/mol. The summed E-state index contributed by atoms with van der Waals surface area (Å²) in [5, 5.41) is 0.275. The minimum absolute atomic E-state index is 0.00219. The molecule has 0 atom stereocenters. The highest BCUT2D eigenvalue weighted by Gasteiger charge is 2.32. The second-order valence-corrected chi connectivity index (χ2v) is 6.16. The molecule has 2 heterocycles. The highest BCUT2D eigenvalue weighted by molar-refractivity contribution is 6.35. The number of alkyl halides is 3. The lowest BCUT2D eigenvalue weighted by Crippen LogP contribution is -2.36. The average Bonchev–Trinajstić information content (AvgIpc) is 2.54. The van der Waals surface area contributed by atoms with Gasteiger partial charge in [0.25, 0.3) is 5.91 Å². The lowest BCUT2D eigenvalue weighted by Gasteiger charge is -2.29. The van der Waals surface area contributed by atoms with Gasteiger partial charge in [0, 0.05) is 12.2 Å². The first-order valence-electron chi connectivity index (χ1n) is 7.27. The highest BCUT2D eigenvalue weighted by Crippen LogP contribution is 2.34. The Morgan fingerprint density at radius 1 is 1.20 bits per heavy atom. The van der Waals surface area contributed by atoms with Crippen molar-refractivity contribution in [3.8, 4) is 5.75 Å². The van der Waals surface area contributed by atoms with Crippen LogP contribution in [0.1, 0.15) is 22.5 Å². The Balaban J connectivity index is 1.94. The first-order chi connectivity index (χ1) is 11.7. The molecule has 0 bridgehead atoms. The summed E-state index contributed by atoms with van der Waals surface area (Å²) in [7, 11) is 0. The molecule has 3 rings (SSSR count). The Morgan fingerprint density at radius 3 is 2.68 bits per heavy atom. The van der Waals surface area contributed by atoms with Crippen LogP contribution in [0.25, 0.3) is 0 Å². The molecule has 0 aliphatic carbocycles. The fourth-order valence-corrected chi connectivity index (χ4v) is 3.01. The number of benzene rings is 1. The van der Waals surface area contributed by atoms with E-state index in [2.05, 4.69) is 9.72 Å². The number of carbonyl (C=O) groups is 1. The van der Waals surface area contributed by atoms with Crippen LogP contribution in [0.4, 0.5) is 18.9 Å². The summed E-state index contributed by atoms with van der Waals surface area (Å²) in [6, 6.07) is 6.81. The average molecular weight is 391 g/mol. The molecule has 0 saturated heterocycles. The molecule has 4 nitrogen and oxygen atoms in total. The normalized spacial score (nSPS) is 14.2. The van der Waals surface area contributed by atoms with Crippen LogP contribution >= 0.6 is 23.2 Å². The van der Waals surface area contributed by atoms with E-state index < -0.39 is 12.3 Å². The highest BCUT2D eigenvalue weighted by atomic mass is 35.5. The van der Waals surface area contributed by atoms with Crippen LogP contribution in [0.2, 0.25) is 10.2 Å². The lowest BCUT2D eigenvalue weighted by molar-refractivity contribution is -0.274. The van der Waals surface area contributed by atoms with Crippen molar-refractivity contribution in [3.05, 3.63) is 51.8 Å². The first kappa shape index (κ1) is 17.8. The number of aromatic nitrogens is 1. The summed E-state index contributed by atoms with van der Waals surface area (Å²) in [6.45, 7) is 0.399. The monoisotopic (exact) mass is 390 g/mol. The number of anilines is 1. The SMILES string of the molecule is O=C(c1nc(Cl)ccc1Cl)N1CCCc2cc(OC(F)(F)F)ccc21. The standard InChI is InChI=1S/C16H11Cl2F3N2O2/c17-11-4-6-13(18)22-14(11)15(24)23-7-1-2-9-8-10(3-5-12(9)23)25-16(19,20)21/h3-6,8H,1-2,7H2. The second-order valence-electron chi connectivity index (χ2n) is 5.36. The van der Waals surface area contributed by atoms with Crippen molar-refractivity contribution >= 4 is 34.8 Å². The zero-order valence-corrected chi connectivity index (χ0v) is 14.1. The van der Waals surface area contributed by atoms with Gasteiger partial charge in [-0.2, -0.15) is 0 Å². The van der Waals surface area contributed by atoms with Crippen molar-refractivity contribution in [1.82, 2.24) is 4.98 Å². The zero-order chi connectivity index (χ0) is 18.2. The Bertz CT molecular complexity index is 828. The summed E-state index contributed by atoms with van der Waals surface area (Å²) in [5.74, 6) is -0.780. The van der Waals surface area contributed by atoms with Gasteiger partial charge < -0.3 is 9.64 Å². The minimum atomic E-state index is -4.77. The van der Waals surface area contributed by atoms with Gasteiger partial charge in [-0.1, -0.05) is 23.2 Å². The fourth-order valence-electron chi connectivity index (χ4n) is 2.68. The van der Waals surface area contributed by atoms with E-state index in [4.69, 9.17) is 23.2 Å². The zero-order valence-electron chi connectivity index (χ0n) is 12.6. The molecule has 1 aliphatic heterocycles. The van der Waals surface area contributed by atoms with Crippen LogP contribution in [0.15, 0.2) is 30.3 Å². The van der Waals surface area contributed by atoms with Crippen LogP contribution in [0, 0.1) is 0 Å². The van der Waals surface area contributed by atoms with Crippen molar-refractivity contribution in [2.45, 2.75) is 19.2 Å². The fraction of sp³-hybridized carbons (Fsp3) is 0.250. The number of pyridine rings is 1. The maximum Gasteiger partial charge on any atom is 0.573 e. The van der Waals surface area contributed by atoms with E-state index in [0.29, 0.717) is 30.6 Å². The maximum atomic E-state index is 12.8. The Morgan fingerprint density at radius 2 is 1.96 bits per heavy atom. The molecule has 1 aliphatic rings. The van der Waals surface area contributed by atoms with Crippen LogP contribution in [-0.2, 0) is 6.42 Å². The first-order valence-corrected chi connectivity index (χ1v) is 8.03. The molecule has 1 aromatic heterocycles. The number of hydrogen-bond acceptors (Lipinski definition) is 3. The molecule has 0 N–H and O–H groups in total. The predicted molar refractivity (Wildman–Crippen MR) is 87.4 cm³/mol. The largest absolute Gasteiger partial charge is 0.573 e. The van der Waals surface area contributed by atoms with Crippen molar-refractivity contribution in [3.63, 3.8) is 0 Å². The number of ether oxygens (including phenoxy) is 1. The third kappa shape index (κ3) is 3.99. The summed E-state index contributed by atoms with van der Waals surface area (Å²) in [4.78, 5) is 18.1. The number of fused-ring (bicyclic) bond motifs is 1. The number of amides is 1. The van der Waals surface area contributed by atoms with Crippen molar-refractivity contribution in [2.24, 2.45) is 0 Å². The molecule has 0 unspecified atom stereocenters. The molecule has 0 spiro atoms. The van der Waals surface area contributed by atoms with Crippen molar-refractivity contribution in [2.75, 3.05) is 11.4 Å². The quantitative estimate of drug-likeness (QED) is 0.686. The molecule has 0 radical (unpaired) electrons. The van der Waals surface area contributed by atoms with E-state index in [-0.39, 0.29) is 21.6 Å². The van der Waals surface area contributed by atoms with Gasteiger partial charge >= 0.3 is 6.36 Å². The minimum Gasteiger partial charge on any atom is -0.406 e. The number of nitrogens with zero attached hydrogens (tertiary/aromatic N) is 2. The Kier molecular flexibility index (Phi) is 4.79. The Hall–Kier alpha value is -1.99. The summed E-state index contributed by atoms with van der Waals surface area (Å²) in [6.07, 6.45) is -3.64. The topological polar surface area (TPSA) is 42.4 Å². The van der Waals surface area contributed by atoms with Gasteiger partial charge in [0.05, 0.1) is 5.02 Å². The molecule has 0 fully saturated rings. The number of carbonyl (C=O) groups excluding carboxylic acids is 1. The third-order valence-electron chi connectivity index (χ3n) is 3.66. The van der Waals surface area contributed by atoms with E-state index in [1.807, 2.05) is 0 Å². The summed E-state index contributed by atoms with van der Waals surface area (Å²) >= 11 is 11.8. The van der Waals surface area contributed by atoms with Crippen molar-refractivity contribution in [1.29, 1.82) is 0 Å². The molecule has 1 amide bonds. The summed E-state index contributed by atoms with van der Waals surface area (Å²) < 4.78 is 41.0. The molecule has 1 aromatic carbocycles. The Labute approximate surface area is 151 Å². The van der Waals surface area contributed by atoms with E-state index in [0.717, 1.165) is 0 Å². The van der Waals surface area contributed by atoms with Gasteiger partial charge in [0.15, 0.2) is 0 Å². The van der Waals surface area contributed by atoms with Gasteiger partial charge in [-0.25, -0.2) is 4.98 Å². The molecule has 2 aromatic rings. The van der Waals surface area contributed by atoms with Gasteiger partial charge in [-0.3, -0.25) is 4.79 Å². The van der Waals surface area contributed by atoms with Crippen LogP contribution in [0.5, 0.6) is 5.75 Å².